The van der Waals surface area contributed by atoms with Crippen LogP contribution in [0.25, 0.3) is 0 Å². The third kappa shape index (κ3) is 2.07. The van der Waals surface area contributed by atoms with Crippen LogP contribution in [0, 0.1) is 5.92 Å². The Hall–Kier alpha value is -0.850. The van der Waals surface area contributed by atoms with Gasteiger partial charge in [-0.15, -0.1) is 6.58 Å². The molecular formula is C11H16O. The van der Waals surface area contributed by atoms with Crippen molar-refractivity contribution in [1.29, 1.82) is 0 Å². The van der Waals surface area contributed by atoms with Gasteiger partial charge in [0.2, 0.25) is 0 Å². The molecule has 0 N–H and O–H groups in total. The summed E-state index contributed by atoms with van der Waals surface area (Å²) in [7, 11) is 0. The first-order valence-corrected chi connectivity index (χ1v) is 4.47. The highest BCUT2D eigenvalue weighted by Crippen LogP contribution is 2.29. The average molecular weight is 164 g/mol. The summed E-state index contributed by atoms with van der Waals surface area (Å²) >= 11 is 0. The van der Waals surface area contributed by atoms with Crippen molar-refractivity contribution in [3.05, 3.63) is 24.3 Å². The molecule has 1 aliphatic carbocycles. The molecule has 1 nitrogen and oxygen atoms in total. The summed E-state index contributed by atoms with van der Waals surface area (Å²) in [5.74, 6) is 0.635. The fourth-order valence-corrected chi connectivity index (χ4v) is 1.72. The fourth-order valence-electron chi connectivity index (χ4n) is 1.72. The SMILES string of the molecule is C=C(C)CC1CCCC(=O)C1=C. The van der Waals surface area contributed by atoms with E-state index in [1.54, 1.807) is 0 Å². The number of rotatable bonds is 2. The van der Waals surface area contributed by atoms with Crippen LogP contribution in [-0.4, -0.2) is 5.78 Å². The first-order valence-electron chi connectivity index (χ1n) is 4.47. The maximum atomic E-state index is 11.3. The van der Waals surface area contributed by atoms with E-state index in [1.807, 2.05) is 6.92 Å². The summed E-state index contributed by atoms with van der Waals surface area (Å²) in [5, 5.41) is 0. The van der Waals surface area contributed by atoms with Gasteiger partial charge in [0.05, 0.1) is 0 Å². The molecule has 0 heterocycles. The van der Waals surface area contributed by atoms with Gasteiger partial charge in [0.15, 0.2) is 5.78 Å². The zero-order chi connectivity index (χ0) is 9.14. The molecule has 1 aliphatic rings. The van der Waals surface area contributed by atoms with Crippen LogP contribution >= 0.6 is 0 Å². The minimum absolute atomic E-state index is 0.257. The number of hydrogen-bond donors (Lipinski definition) is 0. The Bertz CT molecular complexity index is 225. The Morgan fingerprint density at radius 2 is 2.33 bits per heavy atom. The van der Waals surface area contributed by atoms with E-state index in [2.05, 4.69) is 13.2 Å². The molecular weight excluding hydrogens is 148 g/mol. The van der Waals surface area contributed by atoms with Gasteiger partial charge in [-0.2, -0.15) is 0 Å². The van der Waals surface area contributed by atoms with Gasteiger partial charge in [-0.25, -0.2) is 0 Å². The van der Waals surface area contributed by atoms with E-state index in [0.717, 1.165) is 30.4 Å². The predicted octanol–water partition coefficient (Wildman–Crippen LogP) is 2.88. The number of carbonyl (C=O) groups excluding carboxylic acids is 1. The second kappa shape index (κ2) is 3.70. The Kier molecular flexibility index (Phi) is 2.85. The fraction of sp³-hybridized carbons (Fsp3) is 0.545. The van der Waals surface area contributed by atoms with Crippen molar-refractivity contribution in [2.75, 3.05) is 0 Å². The lowest BCUT2D eigenvalue weighted by Gasteiger charge is -2.23. The minimum Gasteiger partial charge on any atom is -0.295 e. The lowest BCUT2D eigenvalue weighted by atomic mass is 9.81. The summed E-state index contributed by atoms with van der Waals surface area (Å²) in [6.07, 6.45) is 3.77. The van der Waals surface area contributed by atoms with Crippen molar-refractivity contribution >= 4 is 5.78 Å². The average Bonchev–Trinajstić information content (AvgIpc) is 1.98. The van der Waals surface area contributed by atoms with Gasteiger partial charge in [0.1, 0.15) is 0 Å². The lowest BCUT2D eigenvalue weighted by molar-refractivity contribution is -0.117. The summed E-state index contributed by atoms with van der Waals surface area (Å²) in [6, 6.07) is 0. The normalized spacial score (nSPS) is 24.2. The van der Waals surface area contributed by atoms with Gasteiger partial charge < -0.3 is 0 Å². The smallest absolute Gasteiger partial charge is 0.158 e. The summed E-state index contributed by atoms with van der Waals surface area (Å²) < 4.78 is 0. The van der Waals surface area contributed by atoms with Crippen molar-refractivity contribution in [3.63, 3.8) is 0 Å². The summed E-state index contributed by atoms with van der Waals surface area (Å²) in [4.78, 5) is 11.3. The molecule has 0 aromatic carbocycles. The molecule has 66 valence electrons. The number of allylic oxidation sites excluding steroid dienone is 2. The monoisotopic (exact) mass is 164 g/mol. The molecule has 1 unspecified atom stereocenters. The van der Waals surface area contributed by atoms with Crippen molar-refractivity contribution in [2.45, 2.75) is 32.6 Å². The largest absolute Gasteiger partial charge is 0.295 e. The highest BCUT2D eigenvalue weighted by Gasteiger charge is 2.23. The topological polar surface area (TPSA) is 17.1 Å². The molecule has 1 rings (SSSR count). The molecule has 0 aromatic heterocycles. The minimum atomic E-state index is 0.257. The standard InChI is InChI=1S/C11H16O/c1-8(2)7-10-5-4-6-11(12)9(10)3/h10H,1,3-7H2,2H3. The zero-order valence-electron chi connectivity index (χ0n) is 7.73. The summed E-state index contributed by atoms with van der Waals surface area (Å²) in [6.45, 7) is 9.70. The zero-order valence-corrected chi connectivity index (χ0v) is 7.73. The molecule has 0 aromatic rings. The molecule has 0 spiro atoms. The number of hydrogen-bond acceptors (Lipinski definition) is 1. The second-order valence-corrected chi connectivity index (χ2v) is 3.70. The highest BCUT2D eigenvalue weighted by atomic mass is 16.1. The quantitative estimate of drug-likeness (QED) is 0.453. The van der Waals surface area contributed by atoms with Crippen molar-refractivity contribution in [1.82, 2.24) is 0 Å². The molecule has 1 heteroatoms. The van der Waals surface area contributed by atoms with Crippen molar-refractivity contribution < 1.29 is 4.79 Å². The van der Waals surface area contributed by atoms with E-state index in [9.17, 15) is 4.79 Å². The van der Waals surface area contributed by atoms with Crippen LogP contribution in [0.4, 0.5) is 0 Å². The molecule has 0 aliphatic heterocycles. The second-order valence-electron chi connectivity index (χ2n) is 3.70. The van der Waals surface area contributed by atoms with E-state index in [1.165, 1.54) is 0 Å². The van der Waals surface area contributed by atoms with Crippen LogP contribution in [0.15, 0.2) is 24.3 Å². The molecule has 0 amide bonds. The third-order valence-corrected chi connectivity index (χ3v) is 2.40. The third-order valence-electron chi connectivity index (χ3n) is 2.40. The first-order chi connectivity index (χ1) is 5.61. The Balaban J connectivity index is 2.58. The molecule has 12 heavy (non-hydrogen) atoms. The Labute approximate surface area is 74.2 Å². The van der Waals surface area contributed by atoms with Crippen LogP contribution in [-0.2, 0) is 4.79 Å². The lowest BCUT2D eigenvalue weighted by Crippen LogP contribution is -2.18. The van der Waals surface area contributed by atoms with E-state index in [4.69, 9.17) is 0 Å². The Morgan fingerprint density at radius 3 is 2.92 bits per heavy atom. The van der Waals surface area contributed by atoms with E-state index in [0.29, 0.717) is 12.3 Å². The summed E-state index contributed by atoms with van der Waals surface area (Å²) in [5.41, 5.74) is 1.97. The highest BCUT2D eigenvalue weighted by molar-refractivity contribution is 5.95. The Morgan fingerprint density at radius 1 is 1.67 bits per heavy atom. The van der Waals surface area contributed by atoms with E-state index in [-0.39, 0.29) is 5.78 Å². The van der Waals surface area contributed by atoms with Crippen LogP contribution in [0.1, 0.15) is 32.6 Å². The van der Waals surface area contributed by atoms with Gasteiger partial charge in [-0.05, 0) is 37.7 Å². The van der Waals surface area contributed by atoms with Crippen LogP contribution in [0.2, 0.25) is 0 Å². The maximum absolute atomic E-state index is 11.3. The molecule has 1 saturated carbocycles. The predicted molar refractivity (Wildman–Crippen MR) is 50.9 cm³/mol. The van der Waals surface area contributed by atoms with E-state index >= 15 is 0 Å². The maximum Gasteiger partial charge on any atom is 0.158 e. The van der Waals surface area contributed by atoms with Gasteiger partial charge >= 0.3 is 0 Å². The van der Waals surface area contributed by atoms with Crippen LogP contribution in [0.5, 0.6) is 0 Å². The number of ketones is 1. The first kappa shape index (κ1) is 9.24. The molecule has 0 bridgehead atoms. The number of carbonyl (C=O) groups is 1. The molecule has 0 saturated heterocycles. The van der Waals surface area contributed by atoms with Crippen molar-refractivity contribution in [2.24, 2.45) is 5.92 Å². The van der Waals surface area contributed by atoms with Crippen LogP contribution < -0.4 is 0 Å². The van der Waals surface area contributed by atoms with Crippen LogP contribution in [0.3, 0.4) is 0 Å². The van der Waals surface area contributed by atoms with Crippen molar-refractivity contribution in [3.8, 4) is 0 Å². The molecule has 0 radical (unpaired) electrons. The van der Waals surface area contributed by atoms with Gasteiger partial charge in [-0.3, -0.25) is 4.79 Å². The van der Waals surface area contributed by atoms with E-state index < -0.39 is 0 Å². The van der Waals surface area contributed by atoms with Gasteiger partial charge in [-0.1, -0.05) is 12.2 Å². The molecule has 1 atom stereocenters. The number of Topliss-reactive ketones (excluding diaryl/α,β-unsaturated/α-hetero) is 1. The van der Waals surface area contributed by atoms with Gasteiger partial charge in [0, 0.05) is 6.42 Å². The molecule has 1 fully saturated rings. The van der Waals surface area contributed by atoms with Gasteiger partial charge in [0.25, 0.3) is 0 Å².